The molecule has 3 heterocycles. The second-order valence-corrected chi connectivity index (χ2v) is 5.37. The van der Waals surface area contributed by atoms with E-state index < -0.39 is 0 Å². The van der Waals surface area contributed by atoms with Crippen LogP contribution in [0.15, 0.2) is 24.7 Å². The average Bonchev–Trinajstić information content (AvgIpc) is 2.90. The molecule has 3 rings (SSSR count). The van der Waals surface area contributed by atoms with Crippen molar-refractivity contribution in [3.8, 4) is 0 Å². The van der Waals surface area contributed by atoms with Crippen LogP contribution in [-0.2, 0) is 0 Å². The van der Waals surface area contributed by atoms with Gasteiger partial charge in [0.05, 0.1) is 0 Å². The van der Waals surface area contributed by atoms with E-state index in [0.717, 1.165) is 25.8 Å². The number of imidazole rings is 1. The molecule has 0 aliphatic carbocycles. The number of carbonyl (C=O) groups is 1. The summed E-state index contributed by atoms with van der Waals surface area (Å²) in [5.74, 6) is 0.503. The van der Waals surface area contributed by atoms with Gasteiger partial charge in [0.1, 0.15) is 5.69 Å². The average molecular weight is 273 g/mol. The van der Waals surface area contributed by atoms with Crippen molar-refractivity contribution in [2.24, 2.45) is 5.73 Å². The largest absolute Gasteiger partial charge is 0.333 e. The SMILES string of the molecule is C[C@H](N)[C@@H]1CCCCN1C(=O)c1cn2cccnc2n1. The van der Waals surface area contributed by atoms with Crippen LogP contribution in [0, 0.1) is 0 Å². The number of nitrogens with two attached hydrogens (primary N) is 1. The maximum Gasteiger partial charge on any atom is 0.274 e. The minimum atomic E-state index is -0.0440. The maximum atomic E-state index is 12.7. The summed E-state index contributed by atoms with van der Waals surface area (Å²) in [5.41, 5.74) is 6.46. The van der Waals surface area contributed by atoms with Gasteiger partial charge in [-0.2, -0.15) is 0 Å². The fourth-order valence-corrected chi connectivity index (χ4v) is 2.84. The molecular weight excluding hydrogens is 254 g/mol. The molecule has 1 fully saturated rings. The van der Waals surface area contributed by atoms with Gasteiger partial charge in [0.25, 0.3) is 5.91 Å². The Bertz CT molecular complexity index is 588. The standard InChI is InChI=1S/C14H19N5O/c1-10(15)12-5-2-3-8-19(12)13(20)11-9-18-7-4-6-16-14(18)17-11/h4,6-7,9-10,12H,2-3,5,8,15H2,1H3/t10-,12-/m0/s1. The summed E-state index contributed by atoms with van der Waals surface area (Å²) in [5, 5.41) is 0. The summed E-state index contributed by atoms with van der Waals surface area (Å²) in [7, 11) is 0. The topological polar surface area (TPSA) is 76.5 Å². The van der Waals surface area contributed by atoms with Crippen molar-refractivity contribution < 1.29 is 4.79 Å². The molecule has 0 radical (unpaired) electrons. The van der Waals surface area contributed by atoms with E-state index in [1.807, 2.05) is 24.1 Å². The number of nitrogens with zero attached hydrogens (tertiary/aromatic N) is 4. The van der Waals surface area contributed by atoms with Crippen LogP contribution in [-0.4, -0.2) is 43.8 Å². The van der Waals surface area contributed by atoms with Crippen LogP contribution in [0.1, 0.15) is 36.7 Å². The Morgan fingerprint density at radius 1 is 1.50 bits per heavy atom. The fraction of sp³-hybridized carbons (Fsp3) is 0.500. The smallest absolute Gasteiger partial charge is 0.274 e. The van der Waals surface area contributed by atoms with Gasteiger partial charge in [-0.25, -0.2) is 9.97 Å². The van der Waals surface area contributed by atoms with Crippen LogP contribution in [0.3, 0.4) is 0 Å². The molecule has 1 amide bonds. The third-order valence-electron chi connectivity index (χ3n) is 3.87. The summed E-state index contributed by atoms with van der Waals surface area (Å²) in [4.78, 5) is 23.0. The highest BCUT2D eigenvalue weighted by molar-refractivity contribution is 5.93. The highest BCUT2D eigenvalue weighted by Crippen LogP contribution is 2.21. The van der Waals surface area contributed by atoms with Gasteiger partial charge >= 0.3 is 0 Å². The first-order valence-electron chi connectivity index (χ1n) is 7.03. The molecule has 2 aromatic heterocycles. The number of piperidine rings is 1. The maximum absolute atomic E-state index is 12.7. The van der Waals surface area contributed by atoms with Crippen LogP contribution in [0.2, 0.25) is 0 Å². The predicted octanol–water partition coefficient (Wildman–Crippen LogP) is 1.07. The van der Waals surface area contributed by atoms with Crippen LogP contribution in [0.25, 0.3) is 5.78 Å². The van der Waals surface area contributed by atoms with Crippen molar-refractivity contribution in [1.82, 2.24) is 19.3 Å². The number of hydrogen-bond acceptors (Lipinski definition) is 4. The van der Waals surface area contributed by atoms with Gasteiger partial charge in [-0.3, -0.25) is 9.20 Å². The first-order chi connectivity index (χ1) is 9.66. The van der Waals surface area contributed by atoms with Crippen molar-refractivity contribution in [3.05, 3.63) is 30.4 Å². The van der Waals surface area contributed by atoms with E-state index in [2.05, 4.69) is 9.97 Å². The molecule has 20 heavy (non-hydrogen) atoms. The first kappa shape index (κ1) is 13.1. The minimum absolute atomic E-state index is 0.0191. The summed E-state index contributed by atoms with van der Waals surface area (Å²) in [6.07, 6.45) is 8.36. The van der Waals surface area contributed by atoms with Gasteiger partial charge in [-0.1, -0.05) is 0 Å². The zero-order valence-electron chi connectivity index (χ0n) is 11.6. The van der Waals surface area contributed by atoms with Gasteiger partial charge < -0.3 is 10.6 Å². The summed E-state index contributed by atoms with van der Waals surface area (Å²) < 4.78 is 1.76. The summed E-state index contributed by atoms with van der Waals surface area (Å²) in [6, 6.07) is 1.90. The molecule has 1 aliphatic rings. The molecule has 1 aliphatic heterocycles. The van der Waals surface area contributed by atoms with Gasteiger partial charge in [0.2, 0.25) is 5.78 Å². The Kier molecular flexibility index (Phi) is 3.40. The van der Waals surface area contributed by atoms with Crippen LogP contribution < -0.4 is 5.73 Å². The van der Waals surface area contributed by atoms with E-state index in [1.165, 1.54) is 0 Å². The molecule has 2 aromatic rings. The summed E-state index contributed by atoms with van der Waals surface area (Å²) >= 11 is 0. The molecule has 0 unspecified atom stereocenters. The number of rotatable bonds is 2. The number of carbonyl (C=O) groups excluding carboxylic acids is 1. The number of likely N-dealkylation sites (tertiary alicyclic amines) is 1. The number of amides is 1. The highest BCUT2D eigenvalue weighted by atomic mass is 16.2. The molecule has 0 spiro atoms. The molecule has 1 saturated heterocycles. The molecule has 106 valence electrons. The normalized spacial score (nSPS) is 21.1. The van der Waals surface area contributed by atoms with E-state index in [9.17, 15) is 4.79 Å². The molecule has 0 aromatic carbocycles. The quantitative estimate of drug-likeness (QED) is 0.888. The van der Waals surface area contributed by atoms with Crippen LogP contribution >= 0.6 is 0 Å². The number of hydrogen-bond donors (Lipinski definition) is 1. The molecule has 6 nitrogen and oxygen atoms in total. The van der Waals surface area contributed by atoms with Gasteiger partial charge in [-0.15, -0.1) is 0 Å². The van der Waals surface area contributed by atoms with Crippen LogP contribution in [0.5, 0.6) is 0 Å². The molecule has 0 bridgehead atoms. The Balaban J connectivity index is 1.90. The number of aromatic nitrogens is 3. The Morgan fingerprint density at radius 3 is 3.10 bits per heavy atom. The van der Waals surface area contributed by atoms with Crippen molar-refractivity contribution in [2.75, 3.05) is 6.54 Å². The Hall–Kier alpha value is -1.95. The van der Waals surface area contributed by atoms with E-state index in [-0.39, 0.29) is 18.0 Å². The molecular formula is C14H19N5O. The lowest BCUT2D eigenvalue weighted by Gasteiger charge is -2.37. The molecule has 6 heteroatoms. The highest BCUT2D eigenvalue weighted by Gasteiger charge is 2.30. The first-order valence-corrected chi connectivity index (χ1v) is 7.03. The second-order valence-electron chi connectivity index (χ2n) is 5.37. The lowest BCUT2D eigenvalue weighted by Crippen LogP contribution is -2.51. The van der Waals surface area contributed by atoms with Crippen molar-refractivity contribution in [1.29, 1.82) is 0 Å². The van der Waals surface area contributed by atoms with Gasteiger partial charge in [0.15, 0.2) is 0 Å². The third kappa shape index (κ3) is 2.27. The van der Waals surface area contributed by atoms with Crippen LogP contribution in [0.4, 0.5) is 0 Å². The predicted molar refractivity (Wildman–Crippen MR) is 75.3 cm³/mol. The van der Waals surface area contributed by atoms with E-state index >= 15 is 0 Å². The van der Waals surface area contributed by atoms with Crippen molar-refractivity contribution in [2.45, 2.75) is 38.3 Å². The van der Waals surface area contributed by atoms with E-state index in [4.69, 9.17) is 5.73 Å². The third-order valence-corrected chi connectivity index (χ3v) is 3.87. The lowest BCUT2D eigenvalue weighted by atomic mass is 9.96. The Labute approximate surface area is 117 Å². The second kappa shape index (κ2) is 5.20. The Morgan fingerprint density at radius 2 is 2.35 bits per heavy atom. The summed E-state index contributed by atoms with van der Waals surface area (Å²) in [6.45, 7) is 2.72. The van der Waals surface area contributed by atoms with Crippen molar-refractivity contribution >= 4 is 11.7 Å². The van der Waals surface area contributed by atoms with Crippen molar-refractivity contribution in [3.63, 3.8) is 0 Å². The monoisotopic (exact) mass is 273 g/mol. The van der Waals surface area contributed by atoms with E-state index in [0.29, 0.717) is 11.5 Å². The zero-order chi connectivity index (χ0) is 14.1. The van der Waals surface area contributed by atoms with Gasteiger partial charge in [-0.05, 0) is 32.3 Å². The molecule has 2 atom stereocenters. The lowest BCUT2D eigenvalue weighted by molar-refractivity contribution is 0.0578. The molecule has 2 N–H and O–H groups in total. The molecule has 0 saturated carbocycles. The van der Waals surface area contributed by atoms with Gasteiger partial charge in [0, 0.05) is 37.2 Å². The number of fused-ring (bicyclic) bond motifs is 1. The zero-order valence-corrected chi connectivity index (χ0v) is 11.6. The van der Waals surface area contributed by atoms with E-state index in [1.54, 1.807) is 16.8 Å². The minimum Gasteiger partial charge on any atom is -0.333 e. The fourth-order valence-electron chi connectivity index (χ4n) is 2.84.